The normalized spacial score (nSPS) is 27.3. The number of likely N-dealkylation sites (tertiary alicyclic amines) is 1. The molecule has 1 N–H and O–H groups in total. The van der Waals surface area contributed by atoms with E-state index >= 15 is 0 Å². The van der Waals surface area contributed by atoms with Gasteiger partial charge in [-0.1, -0.05) is 26.2 Å². The van der Waals surface area contributed by atoms with Crippen LogP contribution in [0, 0.1) is 5.41 Å². The van der Waals surface area contributed by atoms with Gasteiger partial charge in [-0.3, -0.25) is 4.90 Å². The summed E-state index contributed by atoms with van der Waals surface area (Å²) in [5.41, 5.74) is 0.745. The molecule has 1 aliphatic heterocycles. The molecule has 2 nitrogen and oxygen atoms in total. The molecule has 0 aromatic heterocycles. The van der Waals surface area contributed by atoms with Crippen molar-refractivity contribution in [3.8, 4) is 0 Å². The smallest absolute Gasteiger partial charge is 0.0218 e. The van der Waals surface area contributed by atoms with Crippen LogP contribution in [0.5, 0.6) is 0 Å². The zero-order valence-corrected chi connectivity index (χ0v) is 13.4. The number of nitrogens with one attached hydrogen (secondary N) is 1. The second-order valence-corrected chi connectivity index (χ2v) is 7.08. The quantitative estimate of drug-likeness (QED) is 0.814. The molecule has 112 valence electrons. The number of rotatable bonds is 5. The highest BCUT2D eigenvalue weighted by Crippen LogP contribution is 2.44. The van der Waals surface area contributed by atoms with Gasteiger partial charge in [0.05, 0.1) is 0 Å². The summed E-state index contributed by atoms with van der Waals surface area (Å²) < 4.78 is 0. The lowest BCUT2D eigenvalue weighted by atomic mass is 9.68. The maximum Gasteiger partial charge on any atom is 0.0218 e. The average Bonchev–Trinajstić information content (AvgIpc) is 2.46. The molecule has 1 aliphatic carbocycles. The Morgan fingerprint density at radius 2 is 1.63 bits per heavy atom. The Morgan fingerprint density at radius 1 is 1.00 bits per heavy atom. The van der Waals surface area contributed by atoms with Gasteiger partial charge in [-0.05, 0) is 71.0 Å². The van der Waals surface area contributed by atoms with Gasteiger partial charge in [0.25, 0.3) is 0 Å². The molecule has 1 spiro atoms. The molecule has 2 rings (SSSR count). The highest BCUT2D eigenvalue weighted by molar-refractivity contribution is 4.91. The largest absolute Gasteiger partial charge is 0.313 e. The molecule has 1 heterocycles. The summed E-state index contributed by atoms with van der Waals surface area (Å²) in [6.07, 6.45) is 11.6. The molecule has 1 saturated heterocycles. The van der Waals surface area contributed by atoms with Crippen LogP contribution >= 0.6 is 0 Å². The summed E-state index contributed by atoms with van der Waals surface area (Å²) in [6.45, 7) is 10.8. The third-order valence-corrected chi connectivity index (χ3v) is 5.79. The van der Waals surface area contributed by atoms with Crippen LogP contribution in [0.4, 0.5) is 0 Å². The molecule has 2 fully saturated rings. The lowest BCUT2D eigenvalue weighted by Gasteiger charge is -2.47. The minimum atomic E-state index is 0.625. The van der Waals surface area contributed by atoms with E-state index in [1.807, 2.05) is 0 Å². The van der Waals surface area contributed by atoms with E-state index in [1.54, 1.807) is 0 Å². The monoisotopic (exact) mass is 266 g/mol. The van der Waals surface area contributed by atoms with Crippen molar-refractivity contribution < 1.29 is 0 Å². The van der Waals surface area contributed by atoms with Gasteiger partial charge < -0.3 is 5.32 Å². The number of piperidine rings is 1. The molecule has 2 atom stereocenters. The fourth-order valence-electron chi connectivity index (χ4n) is 4.07. The maximum absolute atomic E-state index is 3.66. The van der Waals surface area contributed by atoms with E-state index < -0.39 is 0 Å². The molecule has 2 aliphatic rings. The van der Waals surface area contributed by atoms with Crippen molar-refractivity contribution in [2.45, 2.75) is 84.2 Å². The van der Waals surface area contributed by atoms with Crippen LogP contribution in [0.1, 0.15) is 72.1 Å². The first-order valence-corrected chi connectivity index (χ1v) is 8.64. The molecule has 19 heavy (non-hydrogen) atoms. The summed E-state index contributed by atoms with van der Waals surface area (Å²) in [4.78, 5) is 2.73. The van der Waals surface area contributed by atoms with E-state index in [1.165, 1.54) is 64.5 Å². The number of nitrogens with zero attached hydrogens (tertiary/aromatic N) is 1. The third-order valence-electron chi connectivity index (χ3n) is 5.79. The van der Waals surface area contributed by atoms with Gasteiger partial charge in [-0.15, -0.1) is 0 Å². The van der Waals surface area contributed by atoms with Crippen molar-refractivity contribution in [2.24, 2.45) is 5.41 Å². The van der Waals surface area contributed by atoms with Crippen LogP contribution in [-0.2, 0) is 0 Å². The Hall–Kier alpha value is -0.0800. The van der Waals surface area contributed by atoms with Gasteiger partial charge in [-0.25, -0.2) is 0 Å². The molecule has 0 amide bonds. The highest BCUT2D eigenvalue weighted by Gasteiger charge is 2.36. The van der Waals surface area contributed by atoms with Gasteiger partial charge >= 0.3 is 0 Å². The van der Waals surface area contributed by atoms with Crippen LogP contribution in [0.15, 0.2) is 0 Å². The van der Waals surface area contributed by atoms with Crippen LogP contribution in [0.3, 0.4) is 0 Å². The fourth-order valence-corrected chi connectivity index (χ4v) is 4.07. The Bertz CT molecular complexity index is 248. The zero-order chi connectivity index (χ0) is 13.7. The van der Waals surface area contributed by atoms with E-state index in [4.69, 9.17) is 0 Å². The van der Waals surface area contributed by atoms with Gasteiger partial charge in [0.1, 0.15) is 0 Å². The zero-order valence-electron chi connectivity index (χ0n) is 13.4. The Labute approximate surface area is 120 Å². The second-order valence-electron chi connectivity index (χ2n) is 7.08. The van der Waals surface area contributed by atoms with Crippen molar-refractivity contribution in [1.29, 1.82) is 0 Å². The Morgan fingerprint density at radius 3 is 2.21 bits per heavy atom. The van der Waals surface area contributed by atoms with Crippen LogP contribution in [-0.4, -0.2) is 36.6 Å². The molecule has 0 aromatic carbocycles. The van der Waals surface area contributed by atoms with Gasteiger partial charge in [0, 0.05) is 12.1 Å². The predicted molar refractivity (Wildman–Crippen MR) is 83.5 cm³/mol. The first-order valence-electron chi connectivity index (χ1n) is 8.64. The van der Waals surface area contributed by atoms with Crippen molar-refractivity contribution in [3.05, 3.63) is 0 Å². The van der Waals surface area contributed by atoms with Crippen LogP contribution in [0.2, 0.25) is 0 Å². The fraction of sp³-hybridized carbons (Fsp3) is 1.00. The first-order chi connectivity index (χ1) is 9.17. The Balaban J connectivity index is 1.78. The summed E-state index contributed by atoms with van der Waals surface area (Å²) in [5, 5.41) is 3.66. The highest BCUT2D eigenvalue weighted by atomic mass is 15.2. The first kappa shape index (κ1) is 15.3. The van der Waals surface area contributed by atoms with E-state index in [9.17, 15) is 0 Å². The molecule has 2 heteroatoms. The molecule has 1 saturated carbocycles. The molecular weight excluding hydrogens is 232 g/mol. The molecular formula is C17H34N2. The molecule has 2 unspecified atom stereocenters. The van der Waals surface area contributed by atoms with Crippen molar-refractivity contribution >= 4 is 0 Å². The summed E-state index contributed by atoms with van der Waals surface area (Å²) in [6, 6.07) is 1.31. The van der Waals surface area contributed by atoms with E-state index in [0.29, 0.717) is 12.1 Å². The number of hydrogen-bond acceptors (Lipinski definition) is 2. The summed E-state index contributed by atoms with van der Waals surface area (Å²) >= 11 is 0. The lowest BCUT2D eigenvalue weighted by molar-refractivity contribution is 0.0412. The maximum atomic E-state index is 3.66. The van der Waals surface area contributed by atoms with Crippen molar-refractivity contribution in [1.82, 2.24) is 10.2 Å². The van der Waals surface area contributed by atoms with Crippen molar-refractivity contribution in [2.75, 3.05) is 19.6 Å². The van der Waals surface area contributed by atoms with E-state index in [2.05, 4.69) is 31.0 Å². The van der Waals surface area contributed by atoms with Crippen molar-refractivity contribution in [3.63, 3.8) is 0 Å². The Kier molecular flexibility index (Phi) is 5.70. The second kappa shape index (κ2) is 7.08. The minimum absolute atomic E-state index is 0.625. The van der Waals surface area contributed by atoms with Crippen LogP contribution in [0.25, 0.3) is 0 Å². The summed E-state index contributed by atoms with van der Waals surface area (Å²) in [7, 11) is 0. The molecule has 0 radical (unpaired) electrons. The molecule has 0 aromatic rings. The molecule has 0 bridgehead atoms. The minimum Gasteiger partial charge on any atom is -0.313 e. The third kappa shape index (κ3) is 3.95. The number of hydrogen-bond donors (Lipinski definition) is 1. The van der Waals surface area contributed by atoms with Gasteiger partial charge in [0.15, 0.2) is 0 Å². The topological polar surface area (TPSA) is 15.3 Å². The SMILES string of the molecule is CCCNC(C)C(C)N1CCC2(CCCCC2)CC1. The van der Waals surface area contributed by atoms with Gasteiger partial charge in [-0.2, -0.15) is 0 Å². The van der Waals surface area contributed by atoms with Crippen LogP contribution < -0.4 is 5.32 Å². The lowest BCUT2D eigenvalue weighted by Crippen LogP contribution is -2.51. The standard InChI is InChI=1S/C17H34N2/c1-4-12-18-15(2)16(3)19-13-10-17(11-14-19)8-6-5-7-9-17/h15-16,18H,4-14H2,1-3H3. The summed E-state index contributed by atoms with van der Waals surface area (Å²) in [5.74, 6) is 0. The van der Waals surface area contributed by atoms with E-state index in [0.717, 1.165) is 12.0 Å². The average molecular weight is 266 g/mol. The van der Waals surface area contributed by atoms with Gasteiger partial charge in [0.2, 0.25) is 0 Å². The predicted octanol–water partition coefficient (Wildman–Crippen LogP) is 3.81. The van der Waals surface area contributed by atoms with E-state index in [-0.39, 0.29) is 0 Å².